The van der Waals surface area contributed by atoms with Gasteiger partial charge in [-0.15, -0.1) is 10.2 Å². The summed E-state index contributed by atoms with van der Waals surface area (Å²) >= 11 is 7.32. The van der Waals surface area contributed by atoms with E-state index in [1.807, 2.05) is 74.7 Å². The molecule has 0 aliphatic rings. The number of carbonyl (C=O) groups excluding carboxylic acids is 1. The lowest BCUT2D eigenvalue weighted by molar-refractivity contribution is -0.151. The summed E-state index contributed by atoms with van der Waals surface area (Å²) in [4.78, 5) is 12.1. The molecular weight excluding hydrogens is 394 g/mol. The Morgan fingerprint density at radius 3 is 2.50 bits per heavy atom. The van der Waals surface area contributed by atoms with Crippen LogP contribution in [0.5, 0.6) is 0 Å². The van der Waals surface area contributed by atoms with Crippen molar-refractivity contribution in [2.45, 2.75) is 38.5 Å². The minimum absolute atomic E-state index is 0.155. The lowest BCUT2D eigenvalue weighted by Crippen LogP contribution is -2.25. The van der Waals surface area contributed by atoms with E-state index in [1.165, 1.54) is 11.8 Å². The lowest BCUT2D eigenvalue weighted by atomic mass is 10.2. The number of hydrogen-bond acceptors (Lipinski definition) is 5. The number of rotatable bonds is 5. The second-order valence-electron chi connectivity index (χ2n) is 7.36. The fraction of sp³-hybridized carbons (Fsp3) is 0.286. The quantitative estimate of drug-likeness (QED) is 0.416. The predicted octanol–water partition coefficient (Wildman–Crippen LogP) is 5.33. The highest BCUT2D eigenvalue weighted by Crippen LogP contribution is 2.29. The van der Waals surface area contributed by atoms with Gasteiger partial charge in [-0.2, -0.15) is 0 Å². The zero-order valence-electron chi connectivity index (χ0n) is 16.3. The molecule has 0 unspecified atom stereocenters. The van der Waals surface area contributed by atoms with Gasteiger partial charge in [0.2, 0.25) is 0 Å². The molecule has 0 spiro atoms. The molecule has 0 fully saturated rings. The number of nitrogens with zero attached hydrogens (tertiary/aromatic N) is 3. The van der Waals surface area contributed by atoms with Crippen molar-refractivity contribution in [1.29, 1.82) is 0 Å². The number of halogens is 1. The first-order valence-corrected chi connectivity index (χ1v) is 10.2. The highest BCUT2D eigenvalue weighted by Gasteiger charge is 2.20. The lowest BCUT2D eigenvalue weighted by Gasteiger charge is -2.19. The van der Waals surface area contributed by atoms with Crippen molar-refractivity contribution in [2.75, 3.05) is 5.75 Å². The monoisotopic (exact) mass is 415 g/mol. The molecule has 0 bridgehead atoms. The number of aryl methyl sites for hydroxylation is 1. The molecule has 0 saturated heterocycles. The highest BCUT2D eigenvalue weighted by molar-refractivity contribution is 7.99. The van der Waals surface area contributed by atoms with Crippen LogP contribution in [0.1, 0.15) is 26.3 Å². The normalized spacial score (nSPS) is 11.5. The minimum Gasteiger partial charge on any atom is -0.459 e. The molecule has 3 aromatic rings. The van der Waals surface area contributed by atoms with Crippen LogP contribution in [0.25, 0.3) is 17.1 Å². The van der Waals surface area contributed by atoms with Gasteiger partial charge in [0.05, 0.1) is 5.75 Å². The molecule has 0 N–H and O–H groups in total. The first kappa shape index (κ1) is 20.4. The maximum absolute atomic E-state index is 12.1. The molecule has 1 aromatic heterocycles. The summed E-state index contributed by atoms with van der Waals surface area (Å²) in [7, 11) is 0. The third-order valence-electron chi connectivity index (χ3n) is 3.73. The molecule has 0 aliphatic heterocycles. The Hall–Kier alpha value is -2.31. The molecule has 7 heteroatoms. The first-order chi connectivity index (χ1) is 13.2. The van der Waals surface area contributed by atoms with Crippen molar-refractivity contribution >= 4 is 29.3 Å². The van der Waals surface area contributed by atoms with Gasteiger partial charge in [-0.3, -0.25) is 9.36 Å². The smallest absolute Gasteiger partial charge is 0.316 e. The van der Waals surface area contributed by atoms with E-state index in [2.05, 4.69) is 16.3 Å². The molecule has 0 amide bonds. The molecule has 0 radical (unpaired) electrons. The van der Waals surface area contributed by atoms with Gasteiger partial charge in [-0.25, -0.2) is 0 Å². The molecular formula is C21H22ClN3O2S. The summed E-state index contributed by atoms with van der Waals surface area (Å²) < 4.78 is 7.35. The molecule has 0 saturated carbocycles. The van der Waals surface area contributed by atoms with Crippen LogP contribution in [-0.4, -0.2) is 32.1 Å². The van der Waals surface area contributed by atoms with Crippen LogP contribution in [0, 0.1) is 6.92 Å². The Labute approximate surface area is 174 Å². The largest absolute Gasteiger partial charge is 0.459 e. The number of aromatic nitrogens is 3. The first-order valence-electron chi connectivity index (χ1n) is 8.86. The maximum atomic E-state index is 12.1. The van der Waals surface area contributed by atoms with Crippen molar-refractivity contribution in [3.63, 3.8) is 0 Å². The average molecular weight is 416 g/mol. The van der Waals surface area contributed by atoms with Crippen molar-refractivity contribution in [3.8, 4) is 17.1 Å². The highest BCUT2D eigenvalue weighted by atomic mass is 35.5. The summed E-state index contributed by atoms with van der Waals surface area (Å²) in [6.07, 6.45) is 0. The number of benzene rings is 2. The number of thioether (sulfide) groups is 1. The average Bonchev–Trinajstić information content (AvgIpc) is 3.03. The van der Waals surface area contributed by atoms with E-state index in [1.54, 1.807) is 0 Å². The van der Waals surface area contributed by atoms with E-state index in [0.29, 0.717) is 16.0 Å². The van der Waals surface area contributed by atoms with E-state index >= 15 is 0 Å². The van der Waals surface area contributed by atoms with Gasteiger partial charge in [0.1, 0.15) is 5.60 Å². The van der Waals surface area contributed by atoms with Crippen LogP contribution in [0.15, 0.2) is 53.7 Å². The minimum atomic E-state index is -0.518. The molecule has 0 atom stereocenters. The topological polar surface area (TPSA) is 57.0 Å². The van der Waals surface area contributed by atoms with Crippen LogP contribution in [0.3, 0.4) is 0 Å². The van der Waals surface area contributed by atoms with Crippen LogP contribution >= 0.6 is 23.4 Å². The Balaban J connectivity index is 1.96. The van der Waals surface area contributed by atoms with E-state index in [0.717, 1.165) is 16.8 Å². The summed E-state index contributed by atoms with van der Waals surface area (Å²) in [5.74, 6) is 0.556. The molecule has 3 rings (SSSR count). The van der Waals surface area contributed by atoms with Gasteiger partial charge in [0, 0.05) is 16.3 Å². The van der Waals surface area contributed by atoms with Crippen LogP contribution in [0.2, 0.25) is 5.02 Å². The van der Waals surface area contributed by atoms with Crippen LogP contribution in [-0.2, 0) is 9.53 Å². The van der Waals surface area contributed by atoms with Gasteiger partial charge in [0.15, 0.2) is 11.0 Å². The predicted molar refractivity (Wildman–Crippen MR) is 113 cm³/mol. The van der Waals surface area contributed by atoms with Gasteiger partial charge < -0.3 is 4.74 Å². The summed E-state index contributed by atoms with van der Waals surface area (Å²) in [6.45, 7) is 7.58. The van der Waals surface area contributed by atoms with Gasteiger partial charge >= 0.3 is 5.97 Å². The Morgan fingerprint density at radius 1 is 1.14 bits per heavy atom. The summed E-state index contributed by atoms with van der Waals surface area (Å²) in [5.41, 5.74) is 2.43. The van der Waals surface area contributed by atoms with E-state index < -0.39 is 5.60 Å². The van der Waals surface area contributed by atoms with E-state index in [4.69, 9.17) is 16.3 Å². The molecule has 2 aromatic carbocycles. The standard InChI is InChI=1S/C21H22ClN3O2S/c1-14-6-5-7-17(12-14)25-19(15-8-10-16(22)11-9-15)23-24-20(25)28-13-18(26)27-21(2,3)4/h5-12H,13H2,1-4H3. The SMILES string of the molecule is Cc1cccc(-n2c(SCC(=O)OC(C)(C)C)nnc2-c2ccc(Cl)cc2)c1. The number of esters is 1. The third-order valence-corrected chi connectivity index (χ3v) is 4.89. The van der Waals surface area contributed by atoms with Crippen molar-refractivity contribution < 1.29 is 9.53 Å². The number of ether oxygens (including phenoxy) is 1. The zero-order valence-corrected chi connectivity index (χ0v) is 17.8. The summed E-state index contributed by atoms with van der Waals surface area (Å²) in [5, 5.41) is 9.98. The molecule has 1 heterocycles. The fourth-order valence-corrected chi connectivity index (χ4v) is 3.50. The van der Waals surface area contributed by atoms with Crippen molar-refractivity contribution in [3.05, 3.63) is 59.1 Å². The zero-order chi connectivity index (χ0) is 20.3. The van der Waals surface area contributed by atoms with Crippen LogP contribution < -0.4 is 0 Å². The van der Waals surface area contributed by atoms with Gasteiger partial charge in [-0.05, 0) is 69.7 Å². The van der Waals surface area contributed by atoms with E-state index in [-0.39, 0.29) is 11.7 Å². The van der Waals surface area contributed by atoms with Crippen LogP contribution in [0.4, 0.5) is 0 Å². The van der Waals surface area contributed by atoms with Crippen molar-refractivity contribution in [1.82, 2.24) is 14.8 Å². The molecule has 146 valence electrons. The third kappa shape index (κ3) is 5.14. The molecule has 28 heavy (non-hydrogen) atoms. The fourth-order valence-electron chi connectivity index (χ4n) is 2.64. The second-order valence-corrected chi connectivity index (χ2v) is 8.74. The Bertz CT molecular complexity index is 978. The molecule has 5 nitrogen and oxygen atoms in total. The Morgan fingerprint density at radius 2 is 1.86 bits per heavy atom. The summed E-state index contributed by atoms with van der Waals surface area (Å²) in [6, 6.07) is 15.5. The van der Waals surface area contributed by atoms with Gasteiger partial charge in [0.25, 0.3) is 0 Å². The van der Waals surface area contributed by atoms with Crippen molar-refractivity contribution in [2.24, 2.45) is 0 Å². The maximum Gasteiger partial charge on any atom is 0.316 e. The molecule has 0 aliphatic carbocycles. The van der Waals surface area contributed by atoms with E-state index in [9.17, 15) is 4.79 Å². The number of hydrogen-bond donors (Lipinski definition) is 0. The van der Waals surface area contributed by atoms with Gasteiger partial charge in [-0.1, -0.05) is 35.5 Å². The second kappa shape index (κ2) is 8.37. The number of carbonyl (C=O) groups is 1. The Kier molecular flexibility index (Phi) is 6.10.